The van der Waals surface area contributed by atoms with Crippen molar-refractivity contribution in [3.05, 3.63) is 138 Å². The van der Waals surface area contributed by atoms with Gasteiger partial charge in [0, 0.05) is 5.56 Å². The number of nitrogens with zero attached hydrogens (tertiary/aromatic N) is 2. The number of rotatable bonds is 3. The van der Waals surface area contributed by atoms with E-state index in [9.17, 15) is 0 Å². The molecule has 0 aliphatic carbocycles. The molecule has 4 aromatic carbocycles. The molecule has 0 spiro atoms. The van der Waals surface area contributed by atoms with E-state index in [0.29, 0.717) is 0 Å². The molecule has 2 aliphatic heterocycles. The Morgan fingerprint density at radius 1 is 0.625 bits per heavy atom. The van der Waals surface area contributed by atoms with Crippen LogP contribution in [-0.2, 0) is 11.0 Å². The third kappa shape index (κ3) is 2.27. The summed E-state index contributed by atoms with van der Waals surface area (Å²) in [5, 5.41) is 0. The first kappa shape index (κ1) is 19.1. The van der Waals surface area contributed by atoms with Gasteiger partial charge >= 0.3 is 0 Å². The number of fused-ring (bicyclic) bond motifs is 2. The summed E-state index contributed by atoms with van der Waals surface area (Å²) in [5.74, 6) is 1.14. The molecular weight excluding hydrogens is 388 g/mol. The van der Waals surface area contributed by atoms with Crippen LogP contribution in [0.3, 0.4) is 0 Å². The summed E-state index contributed by atoms with van der Waals surface area (Å²) in [7, 11) is 0. The second-order valence-electron chi connectivity index (χ2n) is 8.97. The number of aliphatic imine (C=N–C) groups is 1. The Labute approximate surface area is 189 Å². The zero-order chi connectivity index (χ0) is 21.8. The molecule has 156 valence electrons. The fourth-order valence-electron chi connectivity index (χ4n) is 6.08. The van der Waals surface area contributed by atoms with E-state index in [1.165, 1.54) is 22.3 Å². The normalized spacial score (nSPS) is 22.9. The Kier molecular flexibility index (Phi) is 4.13. The van der Waals surface area contributed by atoms with Crippen LogP contribution >= 0.6 is 0 Å². The molecule has 2 atom stereocenters. The molecule has 4 aromatic rings. The molecule has 2 heterocycles. The quantitative estimate of drug-likeness (QED) is 0.352. The van der Waals surface area contributed by atoms with E-state index in [4.69, 9.17) is 4.99 Å². The van der Waals surface area contributed by atoms with Crippen LogP contribution in [0.4, 0.5) is 5.69 Å². The Morgan fingerprint density at radius 2 is 1.09 bits per heavy atom. The van der Waals surface area contributed by atoms with Crippen LogP contribution in [-0.4, -0.2) is 10.7 Å². The lowest BCUT2D eigenvalue weighted by molar-refractivity contribution is 0.0317. The Morgan fingerprint density at radius 3 is 1.66 bits per heavy atom. The number of benzene rings is 4. The Bertz CT molecular complexity index is 1260. The van der Waals surface area contributed by atoms with Crippen LogP contribution in [0.1, 0.15) is 42.1 Å². The van der Waals surface area contributed by atoms with Crippen LogP contribution in [0.15, 0.2) is 120 Å². The summed E-state index contributed by atoms with van der Waals surface area (Å²) in [6, 6.07) is 41.6. The van der Waals surface area contributed by atoms with Crippen LogP contribution in [0, 0.1) is 0 Å². The lowest BCUT2D eigenvalue weighted by atomic mass is 9.51. The molecule has 0 aromatic heterocycles. The maximum atomic E-state index is 5.28. The van der Waals surface area contributed by atoms with E-state index in [1.54, 1.807) is 0 Å². The molecule has 2 aliphatic rings. The van der Waals surface area contributed by atoms with Gasteiger partial charge in [-0.1, -0.05) is 109 Å². The third-order valence-corrected chi connectivity index (χ3v) is 7.50. The van der Waals surface area contributed by atoms with Crippen LogP contribution < -0.4 is 0 Å². The van der Waals surface area contributed by atoms with E-state index >= 15 is 0 Å². The summed E-state index contributed by atoms with van der Waals surface area (Å²) in [6.45, 7) is 4.69. The lowest BCUT2D eigenvalue weighted by Gasteiger charge is -2.70. The molecule has 32 heavy (non-hydrogen) atoms. The van der Waals surface area contributed by atoms with Crippen LogP contribution in [0.25, 0.3) is 0 Å². The Hall–Kier alpha value is -3.65. The molecule has 1 fully saturated rings. The van der Waals surface area contributed by atoms with Crippen molar-refractivity contribution in [2.24, 2.45) is 4.99 Å². The van der Waals surface area contributed by atoms with Crippen molar-refractivity contribution in [1.82, 2.24) is 4.90 Å². The Balaban J connectivity index is 1.73. The monoisotopic (exact) mass is 414 g/mol. The zero-order valence-electron chi connectivity index (χ0n) is 18.4. The summed E-state index contributed by atoms with van der Waals surface area (Å²) in [6.07, 6.45) is 0. The minimum atomic E-state index is -0.372. The van der Waals surface area contributed by atoms with Gasteiger partial charge in [-0.25, -0.2) is 4.99 Å². The highest BCUT2D eigenvalue weighted by molar-refractivity contribution is 6.06. The number of hydrogen-bond donors (Lipinski definition) is 0. The van der Waals surface area contributed by atoms with Crippen molar-refractivity contribution in [2.75, 3.05) is 0 Å². The second kappa shape index (κ2) is 6.93. The molecule has 2 nitrogen and oxygen atoms in total. The molecule has 6 rings (SSSR count). The number of amidine groups is 1. The standard InChI is InChI=1S/C30H26N2/c1-22-26-20-12-13-21-27(26)31-28-29(2,23-14-6-3-7-15-23)30(32(22)28,24-16-8-4-9-17-24)25-18-10-5-11-19-25/h3-22H,1-2H3/t22-,29-/m1/s1. The van der Waals surface area contributed by atoms with E-state index in [1.807, 2.05) is 0 Å². The fraction of sp³-hybridized carbons (Fsp3) is 0.167. The number of hydrogen-bond acceptors (Lipinski definition) is 2. The van der Waals surface area contributed by atoms with Gasteiger partial charge in [0.2, 0.25) is 0 Å². The highest BCUT2D eigenvalue weighted by atomic mass is 15.4. The van der Waals surface area contributed by atoms with Crippen molar-refractivity contribution in [2.45, 2.75) is 30.8 Å². The van der Waals surface area contributed by atoms with Crippen molar-refractivity contribution < 1.29 is 0 Å². The fourth-order valence-corrected chi connectivity index (χ4v) is 6.08. The average Bonchev–Trinajstić information content (AvgIpc) is 2.86. The molecule has 0 radical (unpaired) electrons. The van der Waals surface area contributed by atoms with Gasteiger partial charge in [0.05, 0.1) is 17.1 Å². The highest BCUT2D eigenvalue weighted by Gasteiger charge is 2.70. The van der Waals surface area contributed by atoms with Crippen LogP contribution in [0.5, 0.6) is 0 Å². The molecule has 0 N–H and O–H groups in total. The molecule has 0 unspecified atom stereocenters. The molecule has 0 bridgehead atoms. The largest absolute Gasteiger partial charge is 0.337 e. The van der Waals surface area contributed by atoms with Crippen LogP contribution in [0.2, 0.25) is 0 Å². The van der Waals surface area contributed by atoms with Gasteiger partial charge in [0.1, 0.15) is 11.4 Å². The summed E-state index contributed by atoms with van der Waals surface area (Å²) >= 11 is 0. The minimum absolute atomic E-state index is 0.205. The molecule has 1 saturated heterocycles. The van der Waals surface area contributed by atoms with Gasteiger partial charge in [-0.2, -0.15) is 0 Å². The molecule has 0 amide bonds. The van der Waals surface area contributed by atoms with Crippen molar-refractivity contribution in [3.8, 4) is 0 Å². The molecular formula is C30H26N2. The van der Waals surface area contributed by atoms with Crippen molar-refractivity contribution >= 4 is 11.5 Å². The summed E-state index contributed by atoms with van der Waals surface area (Å²) in [5.41, 5.74) is 5.55. The van der Waals surface area contributed by atoms with Gasteiger partial charge in [-0.05, 0) is 36.6 Å². The van der Waals surface area contributed by atoms with Gasteiger partial charge in [-0.3, -0.25) is 0 Å². The van der Waals surface area contributed by atoms with E-state index in [-0.39, 0.29) is 17.0 Å². The van der Waals surface area contributed by atoms with E-state index in [2.05, 4.69) is 134 Å². The summed E-state index contributed by atoms with van der Waals surface area (Å²) < 4.78 is 0. The van der Waals surface area contributed by atoms with E-state index < -0.39 is 0 Å². The van der Waals surface area contributed by atoms with Gasteiger partial charge in [0.25, 0.3) is 0 Å². The predicted molar refractivity (Wildman–Crippen MR) is 131 cm³/mol. The first-order valence-electron chi connectivity index (χ1n) is 11.3. The second-order valence-corrected chi connectivity index (χ2v) is 8.97. The number of para-hydroxylation sites is 1. The SMILES string of the molecule is C[C@@H]1c2ccccc2N=C2N1C(c1ccccc1)(c1ccccc1)[C@]2(C)c1ccccc1. The minimum Gasteiger partial charge on any atom is -0.337 e. The highest BCUT2D eigenvalue weighted by Crippen LogP contribution is 2.65. The van der Waals surface area contributed by atoms with Gasteiger partial charge in [0.15, 0.2) is 0 Å². The molecule has 2 heteroatoms. The maximum absolute atomic E-state index is 5.28. The third-order valence-electron chi connectivity index (χ3n) is 7.50. The van der Waals surface area contributed by atoms with Crippen molar-refractivity contribution in [1.29, 1.82) is 0 Å². The molecule has 0 saturated carbocycles. The average molecular weight is 415 g/mol. The van der Waals surface area contributed by atoms with Crippen molar-refractivity contribution in [3.63, 3.8) is 0 Å². The summed E-state index contributed by atoms with van der Waals surface area (Å²) in [4.78, 5) is 7.84. The zero-order valence-corrected chi connectivity index (χ0v) is 18.4. The smallest absolute Gasteiger partial charge is 0.120 e. The van der Waals surface area contributed by atoms with Gasteiger partial charge in [-0.15, -0.1) is 0 Å². The maximum Gasteiger partial charge on any atom is 0.120 e. The lowest BCUT2D eigenvalue weighted by Crippen LogP contribution is -2.78. The first-order chi connectivity index (χ1) is 15.7. The van der Waals surface area contributed by atoms with E-state index in [0.717, 1.165) is 11.5 Å². The topological polar surface area (TPSA) is 15.6 Å². The first-order valence-corrected chi connectivity index (χ1v) is 11.3. The van der Waals surface area contributed by atoms with Gasteiger partial charge < -0.3 is 4.90 Å². The predicted octanol–water partition coefficient (Wildman–Crippen LogP) is 7.01.